The lowest BCUT2D eigenvalue weighted by atomic mass is 10.1. The lowest BCUT2D eigenvalue weighted by Crippen LogP contribution is -2.14. The monoisotopic (exact) mass is 484 g/mol. The van der Waals surface area contributed by atoms with E-state index >= 15 is 0 Å². The summed E-state index contributed by atoms with van der Waals surface area (Å²) in [6.45, 7) is 0. The largest absolute Gasteiger partial charge is 0.326 e. The maximum atomic E-state index is 12.4. The summed E-state index contributed by atoms with van der Waals surface area (Å²) in [6, 6.07) is 22.9. The van der Waals surface area contributed by atoms with Crippen LogP contribution in [0.1, 0.15) is 5.56 Å². The summed E-state index contributed by atoms with van der Waals surface area (Å²) in [7, 11) is 0. The summed E-state index contributed by atoms with van der Waals surface area (Å²) >= 11 is 3.40. The fourth-order valence-electron chi connectivity index (χ4n) is 3.34. The van der Waals surface area contributed by atoms with Gasteiger partial charge in [0.15, 0.2) is 11.5 Å². The molecule has 0 aliphatic rings. The molecule has 5 aromatic rings. The van der Waals surface area contributed by atoms with Crippen LogP contribution in [-0.2, 0) is 11.2 Å². The van der Waals surface area contributed by atoms with Gasteiger partial charge in [0, 0.05) is 33.7 Å². The van der Waals surface area contributed by atoms with Crippen molar-refractivity contribution in [3.05, 3.63) is 95.2 Å². The molecule has 3 aromatic heterocycles. The first-order chi connectivity index (χ1) is 15.7. The lowest BCUT2D eigenvalue weighted by Gasteiger charge is -2.07. The molecular weight excluding hydrogens is 468 g/mol. The first-order valence-corrected chi connectivity index (χ1v) is 10.7. The van der Waals surface area contributed by atoms with Crippen molar-refractivity contribution in [2.75, 3.05) is 5.32 Å². The maximum Gasteiger partial charge on any atom is 0.228 e. The van der Waals surface area contributed by atoms with Crippen LogP contribution >= 0.6 is 15.9 Å². The molecule has 5 rings (SSSR count). The van der Waals surface area contributed by atoms with Crippen molar-refractivity contribution < 1.29 is 4.79 Å². The van der Waals surface area contributed by atoms with Gasteiger partial charge in [-0.3, -0.25) is 9.78 Å². The van der Waals surface area contributed by atoms with Crippen molar-refractivity contribution in [3.8, 4) is 22.6 Å². The van der Waals surface area contributed by atoms with Crippen LogP contribution in [0.15, 0.2) is 89.7 Å². The molecule has 0 fully saturated rings. The minimum absolute atomic E-state index is 0.0646. The fraction of sp³-hybridized carbons (Fsp3) is 0.0417. The van der Waals surface area contributed by atoms with Crippen LogP contribution in [-0.4, -0.2) is 30.7 Å². The molecular formula is C24H17BrN6O. The fourth-order valence-corrected chi connectivity index (χ4v) is 3.60. The molecule has 0 unspecified atom stereocenters. The highest BCUT2D eigenvalue weighted by Gasteiger charge is 2.11. The Morgan fingerprint density at radius 1 is 0.906 bits per heavy atom. The second-order valence-corrected chi connectivity index (χ2v) is 8.10. The molecule has 156 valence electrons. The number of nitrogens with one attached hydrogen (secondary N) is 1. The Morgan fingerprint density at radius 2 is 1.72 bits per heavy atom. The molecule has 1 amide bonds. The van der Waals surface area contributed by atoms with Crippen LogP contribution in [0.3, 0.4) is 0 Å². The molecule has 32 heavy (non-hydrogen) atoms. The van der Waals surface area contributed by atoms with Crippen molar-refractivity contribution in [1.29, 1.82) is 0 Å². The maximum absolute atomic E-state index is 12.4. The van der Waals surface area contributed by atoms with E-state index in [9.17, 15) is 4.79 Å². The minimum Gasteiger partial charge on any atom is -0.326 e. The molecule has 0 bridgehead atoms. The zero-order chi connectivity index (χ0) is 21.9. The molecule has 0 radical (unpaired) electrons. The average Bonchev–Trinajstić information content (AvgIpc) is 3.25. The summed E-state index contributed by atoms with van der Waals surface area (Å²) in [4.78, 5) is 16.5. The summed E-state index contributed by atoms with van der Waals surface area (Å²) < 4.78 is 2.70. The predicted octanol–water partition coefficient (Wildman–Crippen LogP) is 4.80. The quantitative estimate of drug-likeness (QED) is 0.387. The summed E-state index contributed by atoms with van der Waals surface area (Å²) in [5.74, 6) is 0.567. The Hall–Kier alpha value is -3.91. The van der Waals surface area contributed by atoms with E-state index in [-0.39, 0.29) is 5.91 Å². The van der Waals surface area contributed by atoms with Crippen LogP contribution in [0.25, 0.3) is 28.3 Å². The third-order valence-corrected chi connectivity index (χ3v) is 5.45. The van der Waals surface area contributed by atoms with E-state index in [2.05, 4.69) is 36.4 Å². The minimum atomic E-state index is -0.0646. The molecule has 1 N–H and O–H groups in total. The van der Waals surface area contributed by atoms with E-state index in [4.69, 9.17) is 5.10 Å². The van der Waals surface area contributed by atoms with Crippen LogP contribution in [0, 0.1) is 0 Å². The third-order valence-electron chi connectivity index (χ3n) is 4.92. The molecule has 0 saturated carbocycles. The number of rotatable bonds is 5. The van der Waals surface area contributed by atoms with Gasteiger partial charge in [0.1, 0.15) is 0 Å². The number of halogens is 1. The standard InChI is InChI=1S/C24H17BrN6O/c25-19-7-3-16(4-8-19)14-23(32)27-20-9-5-17(6-10-20)21-11-12-22-28-29-24(31(22)30-21)18-2-1-13-26-15-18/h1-13,15H,14H2,(H,27,32). The van der Waals surface area contributed by atoms with Crippen molar-refractivity contribution in [3.63, 3.8) is 0 Å². The van der Waals surface area contributed by atoms with Gasteiger partial charge < -0.3 is 5.32 Å². The topological polar surface area (TPSA) is 85.1 Å². The molecule has 3 heterocycles. The first-order valence-electron chi connectivity index (χ1n) is 9.93. The van der Waals surface area contributed by atoms with Gasteiger partial charge >= 0.3 is 0 Å². The molecule has 0 saturated heterocycles. The van der Waals surface area contributed by atoms with Gasteiger partial charge in [-0.25, -0.2) is 0 Å². The van der Waals surface area contributed by atoms with E-state index in [0.717, 1.165) is 32.5 Å². The van der Waals surface area contributed by atoms with Gasteiger partial charge in [-0.1, -0.05) is 40.2 Å². The van der Waals surface area contributed by atoms with Gasteiger partial charge in [-0.05, 0) is 54.1 Å². The Morgan fingerprint density at radius 3 is 2.47 bits per heavy atom. The number of benzene rings is 2. The SMILES string of the molecule is O=C(Cc1ccc(Br)cc1)Nc1ccc(-c2ccc3nnc(-c4cccnc4)n3n2)cc1. The highest BCUT2D eigenvalue weighted by Crippen LogP contribution is 2.22. The summed E-state index contributed by atoms with van der Waals surface area (Å²) in [5, 5.41) is 16.1. The highest BCUT2D eigenvalue weighted by molar-refractivity contribution is 9.10. The van der Waals surface area contributed by atoms with E-state index in [1.165, 1.54) is 0 Å². The van der Waals surface area contributed by atoms with Gasteiger partial charge in [0.25, 0.3) is 0 Å². The number of carbonyl (C=O) groups excluding carboxylic acids is 1. The predicted molar refractivity (Wildman–Crippen MR) is 126 cm³/mol. The van der Waals surface area contributed by atoms with Crippen molar-refractivity contribution in [2.24, 2.45) is 0 Å². The number of anilines is 1. The Kier molecular flexibility index (Phi) is 5.43. The van der Waals surface area contributed by atoms with Gasteiger partial charge in [0.05, 0.1) is 12.1 Å². The van der Waals surface area contributed by atoms with Crippen LogP contribution in [0.2, 0.25) is 0 Å². The summed E-state index contributed by atoms with van der Waals surface area (Å²) in [5.41, 5.74) is 4.88. The number of aromatic nitrogens is 5. The number of nitrogens with zero attached hydrogens (tertiary/aromatic N) is 5. The zero-order valence-corrected chi connectivity index (χ0v) is 18.4. The van der Waals surface area contributed by atoms with Crippen LogP contribution in [0.5, 0.6) is 0 Å². The molecule has 0 aliphatic heterocycles. The molecule has 0 aliphatic carbocycles. The number of carbonyl (C=O) groups is 1. The van der Waals surface area contributed by atoms with Crippen LogP contribution in [0.4, 0.5) is 5.69 Å². The molecule has 8 heteroatoms. The average molecular weight is 485 g/mol. The van der Waals surface area contributed by atoms with Crippen molar-refractivity contribution in [1.82, 2.24) is 24.8 Å². The van der Waals surface area contributed by atoms with E-state index in [0.29, 0.717) is 17.9 Å². The number of pyridine rings is 1. The third kappa shape index (κ3) is 4.26. The van der Waals surface area contributed by atoms with Gasteiger partial charge in [-0.15, -0.1) is 10.2 Å². The van der Waals surface area contributed by atoms with E-state index < -0.39 is 0 Å². The van der Waals surface area contributed by atoms with E-state index in [1.54, 1.807) is 16.9 Å². The first kappa shape index (κ1) is 20.0. The smallest absolute Gasteiger partial charge is 0.228 e. The van der Waals surface area contributed by atoms with Crippen molar-refractivity contribution >= 4 is 33.2 Å². The molecule has 0 atom stereocenters. The Bertz CT molecular complexity index is 1380. The number of amides is 1. The number of hydrogen-bond donors (Lipinski definition) is 1. The Balaban J connectivity index is 1.34. The molecule has 0 spiro atoms. The molecule has 2 aromatic carbocycles. The van der Waals surface area contributed by atoms with Gasteiger partial charge in [0.2, 0.25) is 5.91 Å². The Labute approximate surface area is 192 Å². The van der Waals surface area contributed by atoms with Crippen LogP contribution < -0.4 is 5.32 Å². The molecule has 7 nitrogen and oxygen atoms in total. The summed E-state index contributed by atoms with van der Waals surface area (Å²) in [6.07, 6.45) is 3.76. The second kappa shape index (κ2) is 8.68. The highest BCUT2D eigenvalue weighted by atomic mass is 79.9. The number of hydrogen-bond acceptors (Lipinski definition) is 5. The lowest BCUT2D eigenvalue weighted by molar-refractivity contribution is -0.115. The zero-order valence-electron chi connectivity index (χ0n) is 16.8. The van der Waals surface area contributed by atoms with Gasteiger partial charge in [-0.2, -0.15) is 9.61 Å². The second-order valence-electron chi connectivity index (χ2n) is 7.18. The number of fused-ring (bicyclic) bond motifs is 1. The van der Waals surface area contributed by atoms with E-state index in [1.807, 2.05) is 72.8 Å². The van der Waals surface area contributed by atoms with Crippen molar-refractivity contribution in [2.45, 2.75) is 6.42 Å². The normalized spacial score (nSPS) is 10.9.